The first-order valence-electron chi connectivity index (χ1n) is 12.9. The fourth-order valence-electron chi connectivity index (χ4n) is 4.41. The number of hydrogen-bond donors (Lipinski definition) is 3. The summed E-state index contributed by atoms with van der Waals surface area (Å²) in [6, 6.07) is 8.91. The molecule has 2 saturated heterocycles. The number of nitriles is 1. The molecule has 13 nitrogen and oxygen atoms in total. The van der Waals surface area contributed by atoms with Crippen LogP contribution in [-0.4, -0.2) is 79.8 Å². The molecule has 1 aromatic carbocycles. The molecule has 3 amide bonds. The summed E-state index contributed by atoms with van der Waals surface area (Å²) in [5.74, 6) is 1.58. The molecule has 3 atom stereocenters. The van der Waals surface area contributed by atoms with Crippen molar-refractivity contribution in [3.8, 4) is 23.1 Å². The van der Waals surface area contributed by atoms with Gasteiger partial charge in [-0.2, -0.15) is 17.0 Å². The van der Waals surface area contributed by atoms with Gasteiger partial charge in [-0.1, -0.05) is 6.42 Å². The molecule has 2 aromatic rings. The summed E-state index contributed by atoms with van der Waals surface area (Å²) in [4.78, 5) is 23.5. The fourth-order valence-corrected chi connectivity index (χ4v) is 5.95. The first-order valence-corrected chi connectivity index (χ1v) is 13.9. The topological polar surface area (TPSA) is 175 Å². The van der Waals surface area contributed by atoms with E-state index in [2.05, 4.69) is 25.7 Å². The summed E-state index contributed by atoms with van der Waals surface area (Å²) in [7, 11) is 0. The van der Waals surface area contributed by atoms with Crippen LogP contribution < -0.4 is 25.6 Å². The Morgan fingerprint density at radius 3 is 2.74 bits per heavy atom. The van der Waals surface area contributed by atoms with E-state index in [9.17, 15) is 14.8 Å². The number of nitrogens with zero attached hydrogens (tertiary/aromatic N) is 3. The highest BCUT2D eigenvalue weighted by Gasteiger charge is 2.42. The molecule has 3 N–H and O–H groups in total. The molecule has 2 fully saturated rings. The van der Waals surface area contributed by atoms with E-state index in [-0.39, 0.29) is 40.3 Å². The van der Waals surface area contributed by atoms with E-state index in [1.807, 2.05) is 11.8 Å². The number of fused-ring (bicyclic) bond motifs is 1. The zero-order chi connectivity index (χ0) is 27.5. The Balaban J connectivity index is 0.951. The van der Waals surface area contributed by atoms with Crippen LogP contribution in [0.15, 0.2) is 28.9 Å². The van der Waals surface area contributed by atoms with Gasteiger partial charge in [0.1, 0.15) is 12.4 Å². The van der Waals surface area contributed by atoms with Crippen LogP contribution in [0.4, 0.5) is 4.79 Å². The number of urea groups is 1. The first kappa shape index (κ1) is 28.5. The van der Waals surface area contributed by atoms with E-state index < -0.39 is 0 Å². The summed E-state index contributed by atoms with van der Waals surface area (Å²) in [6.45, 7) is 2.41. The molecule has 39 heavy (non-hydrogen) atoms. The number of amides is 3. The maximum atomic E-state index is 12.0. The maximum absolute atomic E-state index is 12.0. The molecule has 0 aliphatic carbocycles. The number of nitrogens with one attached hydrogen (secondary N) is 3. The van der Waals surface area contributed by atoms with E-state index in [1.165, 1.54) is 0 Å². The van der Waals surface area contributed by atoms with Gasteiger partial charge in [-0.15, -0.1) is 0 Å². The lowest BCUT2D eigenvalue weighted by molar-refractivity contribution is -0.804. The molecule has 3 heterocycles. The van der Waals surface area contributed by atoms with Crippen LogP contribution in [0.3, 0.4) is 0 Å². The highest BCUT2D eigenvalue weighted by Crippen LogP contribution is 2.33. The standard InChI is InChI=1S/C25H32N6O7S/c26-15-20-23(30-38-31(20)34)17-5-7-18(8-6-17)37-14-13-36-12-11-35-10-9-27-22(32)4-2-1-3-21-24-19(16-39-21)28-25(33)29-24/h5-8,19,21,24H,1-4,9-14,16H2,(H,27,32)(H2,28,29,33)/t19-,21-,24-/m0/s1. The maximum Gasteiger partial charge on any atom is 0.315 e. The third-order valence-corrected chi connectivity index (χ3v) is 7.87. The number of unbranched alkanes of at least 4 members (excludes halogenated alkanes) is 1. The van der Waals surface area contributed by atoms with E-state index in [1.54, 1.807) is 30.3 Å². The molecule has 0 bridgehead atoms. The Labute approximate surface area is 230 Å². The van der Waals surface area contributed by atoms with Gasteiger partial charge >= 0.3 is 11.7 Å². The Bertz CT molecular complexity index is 1140. The van der Waals surface area contributed by atoms with Crippen LogP contribution in [0.2, 0.25) is 0 Å². The molecule has 0 unspecified atom stereocenters. The minimum absolute atomic E-state index is 0.0217. The smallest absolute Gasteiger partial charge is 0.315 e. The van der Waals surface area contributed by atoms with Crippen molar-refractivity contribution in [3.05, 3.63) is 35.2 Å². The number of aromatic nitrogens is 2. The van der Waals surface area contributed by atoms with Gasteiger partial charge in [0.25, 0.3) is 5.69 Å². The molecule has 0 spiro atoms. The number of rotatable bonds is 16. The third-order valence-electron chi connectivity index (χ3n) is 6.36. The largest absolute Gasteiger partial charge is 0.491 e. The molecule has 2 aliphatic heterocycles. The molecule has 210 valence electrons. The quantitative estimate of drug-likeness (QED) is 0.153. The summed E-state index contributed by atoms with van der Waals surface area (Å²) in [5.41, 5.74) is 0.538. The Kier molecular flexibility index (Phi) is 10.6. The SMILES string of the molecule is N#Cc1c(-c2ccc(OCCOCCOCCNC(=O)CCCC[C@@H]3SC[C@@H]4NC(=O)N[C@@H]43)cc2)no[n+]1[O-]. The van der Waals surface area contributed by atoms with Crippen molar-refractivity contribution in [3.63, 3.8) is 0 Å². The molecular formula is C25H32N6O7S. The summed E-state index contributed by atoms with van der Waals surface area (Å²) in [6.07, 6.45) is 3.28. The number of thioether (sulfide) groups is 1. The van der Waals surface area contributed by atoms with Crippen molar-refractivity contribution >= 4 is 23.7 Å². The van der Waals surface area contributed by atoms with Crippen LogP contribution in [-0.2, 0) is 14.3 Å². The van der Waals surface area contributed by atoms with Gasteiger partial charge in [0.05, 0.1) is 38.5 Å². The van der Waals surface area contributed by atoms with Gasteiger partial charge in [0, 0.05) is 34.7 Å². The molecule has 2 aliphatic rings. The van der Waals surface area contributed by atoms with Gasteiger partial charge in [-0.3, -0.25) is 9.42 Å². The number of hydrogen-bond acceptors (Lipinski definition) is 10. The molecule has 0 saturated carbocycles. The fraction of sp³-hybridized carbons (Fsp3) is 0.560. The first-order chi connectivity index (χ1) is 19.0. The van der Waals surface area contributed by atoms with Gasteiger partial charge in [-0.05, 0) is 42.0 Å². The van der Waals surface area contributed by atoms with E-state index >= 15 is 0 Å². The predicted octanol–water partition coefficient (Wildman–Crippen LogP) is 1.10. The molecule has 1 aromatic heterocycles. The van der Waals surface area contributed by atoms with Crippen molar-refractivity contribution in [2.24, 2.45) is 0 Å². The third kappa shape index (κ3) is 8.22. The van der Waals surface area contributed by atoms with Crippen molar-refractivity contribution in [1.29, 1.82) is 5.26 Å². The second kappa shape index (κ2) is 14.6. The molecule has 0 radical (unpaired) electrons. The molecule has 14 heteroatoms. The monoisotopic (exact) mass is 560 g/mol. The van der Waals surface area contributed by atoms with Crippen LogP contribution in [0.25, 0.3) is 11.3 Å². The average molecular weight is 561 g/mol. The number of carbonyl (C=O) groups excluding carboxylic acids is 2. The van der Waals surface area contributed by atoms with E-state index in [4.69, 9.17) is 19.5 Å². The highest BCUT2D eigenvalue weighted by molar-refractivity contribution is 8.00. The van der Waals surface area contributed by atoms with Gasteiger partial charge < -0.3 is 35.4 Å². The number of benzene rings is 1. The van der Waals surface area contributed by atoms with E-state index in [0.29, 0.717) is 62.6 Å². The van der Waals surface area contributed by atoms with Crippen molar-refractivity contribution in [2.75, 3.05) is 45.3 Å². The van der Waals surface area contributed by atoms with E-state index in [0.717, 1.165) is 25.0 Å². The number of carbonyl (C=O) groups is 2. The zero-order valence-electron chi connectivity index (χ0n) is 21.4. The van der Waals surface area contributed by atoms with Gasteiger partial charge in [0.15, 0.2) is 6.07 Å². The summed E-state index contributed by atoms with van der Waals surface area (Å²) >= 11 is 1.89. The number of ether oxygens (including phenoxy) is 3. The van der Waals surface area contributed by atoms with Gasteiger partial charge in [-0.25, -0.2) is 4.79 Å². The lowest BCUT2D eigenvalue weighted by Gasteiger charge is -2.16. The zero-order valence-corrected chi connectivity index (χ0v) is 22.2. The van der Waals surface area contributed by atoms with Crippen LogP contribution in [0, 0.1) is 16.5 Å². The average Bonchev–Trinajstić information content (AvgIpc) is 3.61. The second-order valence-electron chi connectivity index (χ2n) is 9.05. The minimum Gasteiger partial charge on any atom is -0.491 e. The van der Waals surface area contributed by atoms with Crippen molar-refractivity contribution < 1.29 is 33.3 Å². The summed E-state index contributed by atoms with van der Waals surface area (Å²) in [5, 5.41) is 33.2. The molecular weight excluding hydrogens is 528 g/mol. The van der Waals surface area contributed by atoms with Crippen LogP contribution >= 0.6 is 11.8 Å². The minimum atomic E-state index is -0.204. The normalized spacial score (nSPS) is 19.7. The van der Waals surface area contributed by atoms with Crippen molar-refractivity contribution in [1.82, 2.24) is 21.1 Å². The lowest BCUT2D eigenvalue weighted by atomic mass is 10.0. The Morgan fingerprint density at radius 2 is 1.95 bits per heavy atom. The summed E-state index contributed by atoms with van der Waals surface area (Å²) < 4.78 is 21.0. The Morgan fingerprint density at radius 1 is 1.18 bits per heavy atom. The second-order valence-corrected chi connectivity index (χ2v) is 10.3. The van der Waals surface area contributed by atoms with Crippen LogP contribution in [0.5, 0.6) is 5.75 Å². The lowest BCUT2D eigenvalue weighted by Crippen LogP contribution is -2.36. The predicted molar refractivity (Wildman–Crippen MR) is 140 cm³/mol. The van der Waals surface area contributed by atoms with Crippen LogP contribution in [0.1, 0.15) is 31.4 Å². The van der Waals surface area contributed by atoms with Crippen molar-refractivity contribution in [2.45, 2.75) is 43.0 Å². The highest BCUT2D eigenvalue weighted by atomic mass is 32.2. The van der Waals surface area contributed by atoms with Gasteiger partial charge in [0.2, 0.25) is 5.91 Å². The molecule has 4 rings (SSSR count). The Hall–Kier alpha value is -3.54.